The standard InChI is InChI=1S/C24H33FN2/c1-23(2,3)27-16-14-24(25,15-17-27)20-26(18-21-10-6-4-7-11-21)19-22-12-8-5-9-13-22/h4-13H,14-20H2,1-3H3. The van der Waals surface area contributed by atoms with Crippen LogP contribution in [0.2, 0.25) is 0 Å². The smallest absolute Gasteiger partial charge is 0.126 e. The maximum Gasteiger partial charge on any atom is 0.126 e. The molecule has 1 aliphatic heterocycles. The summed E-state index contributed by atoms with van der Waals surface area (Å²) in [6.07, 6.45) is 1.23. The summed E-state index contributed by atoms with van der Waals surface area (Å²) in [7, 11) is 0. The van der Waals surface area contributed by atoms with E-state index in [1.54, 1.807) is 0 Å². The Balaban J connectivity index is 1.69. The molecule has 1 saturated heterocycles. The molecule has 1 fully saturated rings. The molecule has 0 atom stereocenters. The summed E-state index contributed by atoms with van der Waals surface area (Å²) in [6, 6.07) is 20.8. The number of hydrogen-bond donors (Lipinski definition) is 0. The Morgan fingerprint density at radius 3 is 1.70 bits per heavy atom. The normalized spacial score (nSPS) is 18.0. The molecule has 1 heterocycles. The van der Waals surface area contributed by atoms with E-state index in [1.807, 2.05) is 12.1 Å². The fourth-order valence-electron chi connectivity index (χ4n) is 3.99. The van der Waals surface area contributed by atoms with Crippen LogP contribution >= 0.6 is 0 Å². The van der Waals surface area contributed by atoms with Gasteiger partial charge in [0.25, 0.3) is 0 Å². The van der Waals surface area contributed by atoms with Gasteiger partial charge in [0.15, 0.2) is 0 Å². The van der Waals surface area contributed by atoms with Crippen LogP contribution in [0.4, 0.5) is 4.39 Å². The fraction of sp³-hybridized carbons (Fsp3) is 0.500. The van der Waals surface area contributed by atoms with Gasteiger partial charge in [-0.15, -0.1) is 0 Å². The molecule has 0 saturated carbocycles. The van der Waals surface area contributed by atoms with Crippen molar-refractivity contribution in [2.24, 2.45) is 0 Å². The quantitative estimate of drug-likeness (QED) is 0.683. The van der Waals surface area contributed by atoms with Crippen molar-refractivity contribution in [1.29, 1.82) is 0 Å². The van der Waals surface area contributed by atoms with Gasteiger partial charge in [0.2, 0.25) is 0 Å². The lowest BCUT2D eigenvalue weighted by Gasteiger charge is -2.44. The second-order valence-corrected chi connectivity index (χ2v) is 8.93. The Bertz CT molecular complexity index is 644. The zero-order valence-electron chi connectivity index (χ0n) is 17.0. The summed E-state index contributed by atoms with van der Waals surface area (Å²) < 4.78 is 15.7. The van der Waals surface area contributed by atoms with E-state index in [9.17, 15) is 0 Å². The van der Waals surface area contributed by atoms with Crippen molar-refractivity contribution in [2.45, 2.75) is 57.9 Å². The average Bonchev–Trinajstić information content (AvgIpc) is 2.62. The van der Waals surface area contributed by atoms with Crippen LogP contribution in [0.15, 0.2) is 60.7 Å². The highest BCUT2D eigenvalue weighted by molar-refractivity contribution is 5.17. The van der Waals surface area contributed by atoms with E-state index in [1.165, 1.54) is 11.1 Å². The van der Waals surface area contributed by atoms with Gasteiger partial charge in [-0.05, 0) is 44.7 Å². The van der Waals surface area contributed by atoms with E-state index >= 15 is 4.39 Å². The topological polar surface area (TPSA) is 6.48 Å². The zero-order chi connectivity index (χ0) is 19.3. The molecule has 3 heteroatoms. The number of halogens is 1. The van der Waals surface area contributed by atoms with Crippen LogP contribution in [-0.4, -0.2) is 40.6 Å². The zero-order valence-corrected chi connectivity index (χ0v) is 17.0. The Morgan fingerprint density at radius 2 is 1.30 bits per heavy atom. The van der Waals surface area contributed by atoms with Crippen LogP contribution in [0, 0.1) is 0 Å². The summed E-state index contributed by atoms with van der Waals surface area (Å²) >= 11 is 0. The Hall–Kier alpha value is -1.71. The summed E-state index contributed by atoms with van der Waals surface area (Å²) in [5, 5.41) is 0. The fourth-order valence-corrected chi connectivity index (χ4v) is 3.99. The molecule has 2 aromatic carbocycles. The van der Waals surface area contributed by atoms with Crippen molar-refractivity contribution >= 4 is 0 Å². The van der Waals surface area contributed by atoms with E-state index in [0.29, 0.717) is 19.4 Å². The Morgan fingerprint density at radius 1 is 0.852 bits per heavy atom. The van der Waals surface area contributed by atoms with Crippen LogP contribution in [0.3, 0.4) is 0 Å². The van der Waals surface area contributed by atoms with Crippen LogP contribution in [-0.2, 0) is 13.1 Å². The molecule has 0 N–H and O–H groups in total. The van der Waals surface area contributed by atoms with Gasteiger partial charge in [0.05, 0.1) is 0 Å². The first kappa shape index (κ1) is 20.0. The highest BCUT2D eigenvalue weighted by Crippen LogP contribution is 2.31. The van der Waals surface area contributed by atoms with E-state index in [-0.39, 0.29) is 5.54 Å². The minimum atomic E-state index is -1.11. The largest absolute Gasteiger partial charge is 0.298 e. The molecule has 0 bridgehead atoms. The van der Waals surface area contributed by atoms with E-state index in [0.717, 1.165) is 26.2 Å². The van der Waals surface area contributed by atoms with E-state index < -0.39 is 5.67 Å². The highest BCUT2D eigenvalue weighted by atomic mass is 19.1. The molecule has 0 spiro atoms. The number of nitrogens with zero attached hydrogens (tertiary/aromatic N) is 2. The van der Waals surface area contributed by atoms with Crippen molar-refractivity contribution in [2.75, 3.05) is 19.6 Å². The third-order valence-corrected chi connectivity index (χ3v) is 5.61. The van der Waals surface area contributed by atoms with Crippen LogP contribution < -0.4 is 0 Å². The molecule has 0 amide bonds. The molecule has 1 aliphatic rings. The number of rotatable bonds is 6. The van der Waals surface area contributed by atoms with Gasteiger partial charge in [-0.1, -0.05) is 60.7 Å². The van der Waals surface area contributed by atoms with Gasteiger partial charge >= 0.3 is 0 Å². The molecule has 2 nitrogen and oxygen atoms in total. The molecule has 2 aromatic rings. The van der Waals surface area contributed by atoms with Crippen molar-refractivity contribution < 1.29 is 4.39 Å². The maximum atomic E-state index is 15.7. The van der Waals surface area contributed by atoms with Crippen LogP contribution in [0.1, 0.15) is 44.7 Å². The number of piperidine rings is 1. The maximum absolute atomic E-state index is 15.7. The molecular weight excluding hydrogens is 335 g/mol. The van der Waals surface area contributed by atoms with E-state index in [2.05, 4.69) is 79.1 Å². The van der Waals surface area contributed by atoms with Crippen molar-refractivity contribution in [3.63, 3.8) is 0 Å². The number of likely N-dealkylation sites (tertiary alicyclic amines) is 1. The van der Waals surface area contributed by atoms with Gasteiger partial charge in [-0.25, -0.2) is 4.39 Å². The first-order valence-corrected chi connectivity index (χ1v) is 10.1. The Labute approximate surface area is 164 Å². The number of benzene rings is 2. The summed E-state index contributed by atoms with van der Waals surface area (Å²) in [6.45, 7) is 10.4. The molecule has 0 aromatic heterocycles. The van der Waals surface area contributed by atoms with Crippen molar-refractivity contribution in [1.82, 2.24) is 9.80 Å². The van der Waals surface area contributed by atoms with Crippen molar-refractivity contribution in [3.8, 4) is 0 Å². The van der Waals surface area contributed by atoms with Crippen LogP contribution in [0.5, 0.6) is 0 Å². The highest BCUT2D eigenvalue weighted by Gasteiger charge is 2.38. The average molecular weight is 369 g/mol. The third kappa shape index (κ3) is 5.88. The summed E-state index contributed by atoms with van der Waals surface area (Å²) in [5.74, 6) is 0. The van der Waals surface area contributed by atoms with Gasteiger partial charge < -0.3 is 0 Å². The lowest BCUT2D eigenvalue weighted by atomic mass is 9.89. The minimum Gasteiger partial charge on any atom is -0.298 e. The molecule has 0 unspecified atom stereocenters. The SMILES string of the molecule is CC(C)(C)N1CCC(F)(CN(Cc2ccccc2)Cc2ccccc2)CC1. The van der Waals surface area contributed by atoms with Gasteiger partial charge in [0.1, 0.15) is 5.67 Å². The summed E-state index contributed by atoms with van der Waals surface area (Å²) in [5.41, 5.74) is 1.49. The van der Waals surface area contributed by atoms with Gasteiger partial charge in [0, 0.05) is 38.3 Å². The molecule has 0 aliphatic carbocycles. The van der Waals surface area contributed by atoms with Gasteiger partial charge in [-0.2, -0.15) is 0 Å². The lowest BCUT2D eigenvalue weighted by Crippen LogP contribution is -2.53. The third-order valence-electron chi connectivity index (χ3n) is 5.61. The predicted octanol–water partition coefficient (Wildman–Crippen LogP) is 5.29. The van der Waals surface area contributed by atoms with Gasteiger partial charge in [-0.3, -0.25) is 9.80 Å². The second kappa shape index (κ2) is 8.53. The first-order valence-electron chi connectivity index (χ1n) is 10.1. The number of hydrogen-bond acceptors (Lipinski definition) is 2. The number of alkyl halides is 1. The first-order chi connectivity index (χ1) is 12.8. The Kier molecular flexibility index (Phi) is 6.33. The molecule has 146 valence electrons. The van der Waals surface area contributed by atoms with E-state index in [4.69, 9.17) is 0 Å². The molecular formula is C24H33FN2. The van der Waals surface area contributed by atoms with Crippen LogP contribution in [0.25, 0.3) is 0 Å². The molecule has 0 radical (unpaired) electrons. The second-order valence-electron chi connectivity index (χ2n) is 8.93. The minimum absolute atomic E-state index is 0.120. The summed E-state index contributed by atoms with van der Waals surface area (Å²) in [4.78, 5) is 4.68. The molecule has 3 rings (SSSR count). The predicted molar refractivity (Wildman–Crippen MR) is 111 cm³/mol. The molecule has 27 heavy (non-hydrogen) atoms. The van der Waals surface area contributed by atoms with Crippen molar-refractivity contribution in [3.05, 3.63) is 71.8 Å². The lowest BCUT2D eigenvalue weighted by molar-refractivity contribution is -0.00712. The monoisotopic (exact) mass is 368 g/mol.